The molecule has 0 aliphatic carbocycles. The van der Waals surface area contributed by atoms with E-state index >= 15 is 0 Å². The van der Waals surface area contributed by atoms with E-state index in [1.807, 2.05) is 23.7 Å². The summed E-state index contributed by atoms with van der Waals surface area (Å²) in [7, 11) is 0. The lowest BCUT2D eigenvalue weighted by Gasteiger charge is -2.21. The van der Waals surface area contributed by atoms with Crippen LogP contribution in [0.15, 0.2) is 24.5 Å². The van der Waals surface area contributed by atoms with Gasteiger partial charge in [0.2, 0.25) is 5.95 Å². The molecule has 2 aromatic rings. The van der Waals surface area contributed by atoms with Crippen molar-refractivity contribution in [1.82, 2.24) is 14.9 Å². The average molecular weight is 334 g/mol. The number of hydrogen-bond donors (Lipinski definition) is 2. The number of nitrogens with zero attached hydrogens (tertiary/aromatic N) is 3. The molecule has 0 aliphatic heterocycles. The first-order valence-electron chi connectivity index (χ1n) is 8.03. The zero-order valence-corrected chi connectivity index (χ0v) is 14.9. The summed E-state index contributed by atoms with van der Waals surface area (Å²) in [5.74, 6) is 0.666. The zero-order chi connectivity index (χ0) is 16.7. The van der Waals surface area contributed by atoms with Crippen LogP contribution in [0.2, 0.25) is 0 Å². The van der Waals surface area contributed by atoms with Crippen molar-refractivity contribution in [3.63, 3.8) is 0 Å². The van der Waals surface area contributed by atoms with Crippen LogP contribution in [-0.2, 0) is 13.1 Å². The first-order valence-corrected chi connectivity index (χ1v) is 8.84. The predicted octanol–water partition coefficient (Wildman–Crippen LogP) is 3.05. The van der Waals surface area contributed by atoms with Crippen LogP contribution in [0.3, 0.4) is 0 Å². The highest BCUT2D eigenvalue weighted by Gasteiger charge is 2.09. The Morgan fingerprint density at radius 1 is 1.22 bits per heavy atom. The maximum absolute atomic E-state index is 9.11. The van der Waals surface area contributed by atoms with E-state index in [-0.39, 0.29) is 6.61 Å². The summed E-state index contributed by atoms with van der Waals surface area (Å²) in [4.78, 5) is 13.7. The highest BCUT2D eigenvalue weighted by atomic mass is 32.1. The molecule has 2 heterocycles. The monoisotopic (exact) mass is 334 g/mol. The average Bonchev–Trinajstić information content (AvgIpc) is 2.91. The molecule has 126 valence electrons. The number of aliphatic hydroxyl groups is 1. The second kappa shape index (κ2) is 8.96. The third-order valence-electron chi connectivity index (χ3n) is 3.34. The fraction of sp³-hybridized carbons (Fsp3) is 0.529. The van der Waals surface area contributed by atoms with Gasteiger partial charge in [-0.05, 0) is 39.3 Å². The molecule has 0 unspecified atom stereocenters. The van der Waals surface area contributed by atoms with E-state index in [4.69, 9.17) is 5.11 Å². The third kappa shape index (κ3) is 6.25. The second-order valence-corrected chi connectivity index (χ2v) is 7.39. The minimum atomic E-state index is 0.216. The number of thiophene rings is 1. The Labute approximate surface area is 142 Å². The maximum atomic E-state index is 9.11. The fourth-order valence-corrected chi connectivity index (χ4v) is 3.26. The van der Waals surface area contributed by atoms with Gasteiger partial charge in [0.1, 0.15) is 0 Å². The lowest BCUT2D eigenvalue weighted by Crippen LogP contribution is -2.24. The molecule has 0 radical (unpaired) electrons. The van der Waals surface area contributed by atoms with Gasteiger partial charge in [0.25, 0.3) is 0 Å². The summed E-state index contributed by atoms with van der Waals surface area (Å²) in [6.45, 7) is 9.02. The molecule has 2 aromatic heterocycles. The number of nitrogens with one attached hydrogen (secondary N) is 1. The van der Waals surface area contributed by atoms with Crippen LogP contribution in [0.1, 0.15) is 35.6 Å². The number of aromatic nitrogens is 2. The first-order chi connectivity index (χ1) is 11.1. The Morgan fingerprint density at radius 2 is 1.96 bits per heavy atom. The third-order valence-corrected chi connectivity index (χ3v) is 4.32. The van der Waals surface area contributed by atoms with E-state index in [0.717, 1.165) is 31.6 Å². The van der Waals surface area contributed by atoms with Crippen molar-refractivity contribution in [2.75, 3.05) is 18.5 Å². The molecule has 6 heteroatoms. The van der Waals surface area contributed by atoms with E-state index in [1.54, 1.807) is 0 Å². The molecule has 0 bridgehead atoms. The Balaban J connectivity index is 1.98. The number of anilines is 1. The van der Waals surface area contributed by atoms with Crippen molar-refractivity contribution in [1.29, 1.82) is 0 Å². The highest BCUT2D eigenvalue weighted by molar-refractivity contribution is 7.11. The Kier molecular flexibility index (Phi) is 6.95. The van der Waals surface area contributed by atoms with Gasteiger partial charge in [0.05, 0.1) is 0 Å². The van der Waals surface area contributed by atoms with Crippen LogP contribution in [0.5, 0.6) is 0 Å². The van der Waals surface area contributed by atoms with E-state index < -0.39 is 0 Å². The molecular formula is C17H26N4OS. The van der Waals surface area contributed by atoms with Crippen molar-refractivity contribution in [3.8, 4) is 0 Å². The van der Waals surface area contributed by atoms with Crippen molar-refractivity contribution >= 4 is 17.3 Å². The first kappa shape index (κ1) is 17.8. The minimum Gasteiger partial charge on any atom is -0.396 e. The number of rotatable bonds is 9. The van der Waals surface area contributed by atoms with Gasteiger partial charge in [0.15, 0.2) is 0 Å². The zero-order valence-electron chi connectivity index (χ0n) is 14.1. The number of hydrogen-bond acceptors (Lipinski definition) is 6. The standard InChI is InChI=1S/C17H26N4OS/c1-13(2)20-17-18-9-15(10-19-17)11-21(7-4-8-22)12-16-6-5-14(3)23-16/h5-6,9-10,13,22H,4,7-8,11-12H2,1-3H3,(H,18,19,20). The smallest absolute Gasteiger partial charge is 0.222 e. The summed E-state index contributed by atoms with van der Waals surface area (Å²) in [5, 5.41) is 12.3. The normalized spacial score (nSPS) is 11.4. The van der Waals surface area contributed by atoms with Crippen molar-refractivity contribution < 1.29 is 5.11 Å². The molecule has 2 N–H and O–H groups in total. The van der Waals surface area contributed by atoms with E-state index in [9.17, 15) is 0 Å². The lowest BCUT2D eigenvalue weighted by molar-refractivity contribution is 0.213. The summed E-state index contributed by atoms with van der Waals surface area (Å²) >= 11 is 1.82. The van der Waals surface area contributed by atoms with Crippen LogP contribution < -0.4 is 5.32 Å². The molecule has 0 saturated heterocycles. The van der Waals surface area contributed by atoms with Crippen LogP contribution in [0, 0.1) is 6.92 Å². The molecule has 0 aromatic carbocycles. The van der Waals surface area contributed by atoms with Crippen LogP contribution in [0.4, 0.5) is 5.95 Å². The van der Waals surface area contributed by atoms with Crippen molar-refractivity contribution in [3.05, 3.63) is 39.8 Å². The number of aliphatic hydroxyl groups excluding tert-OH is 1. The molecule has 0 amide bonds. The van der Waals surface area contributed by atoms with Gasteiger partial charge in [-0.3, -0.25) is 4.90 Å². The summed E-state index contributed by atoms with van der Waals surface area (Å²) in [5.41, 5.74) is 1.09. The predicted molar refractivity (Wildman–Crippen MR) is 95.7 cm³/mol. The van der Waals surface area contributed by atoms with Gasteiger partial charge in [-0.2, -0.15) is 0 Å². The Bertz CT molecular complexity index is 583. The summed E-state index contributed by atoms with van der Waals surface area (Å²) in [6, 6.07) is 4.65. The molecular weight excluding hydrogens is 308 g/mol. The maximum Gasteiger partial charge on any atom is 0.222 e. The molecule has 0 atom stereocenters. The molecule has 0 aliphatic rings. The van der Waals surface area contributed by atoms with Gasteiger partial charge in [-0.15, -0.1) is 11.3 Å². The van der Waals surface area contributed by atoms with Crippen molar-refractivity contribution in [2.45, 2.75) is 46.3 Å². The largest absolute Gasteiger partial charge is 0.396 e. The molecule has 23 heavy (non-hydrogen) atoms. The molecule has 0 spiro atoms. The number of aryl methyl sites for hydroxylation is 1. The van der Waals surface area contributed by atoms with Crippen LogP contribution in [0.25, 0.3) is 0 Å². The quantitative estimate of drug-likeness (QED) is 0.738. The molecule has 0 saturated carbocycles. The van der Waals surface area contributed by atoms with E-state index in [1.165, 1.54) is 9.75 Å². The lowest BCUT2D eigenvalue weighted by atomic mass is 10.2. The van der Waals surface area contributed by atoms with Gasteiger partial charge < -0.3 is 10.4 Å². The second-order valence-electron chi connectivity index (χ2n) is 6.01. The van der Waals surface area contributed by atoms with Gasteiger partial charge in [-0.1, -0.05) is 0 Å². The van der Waals surface area contributed by atoms with Crippen LogP contribution in [-0.4, -0.2) is 39.2 Å². The molecule has 5 nitrogen and oxygen atoms in total. The Morgan fingerprint density at radius 3 is 2.52 bits per heavy atom. The SMILES string of the molecule is Cc1ccc(CN(CCCO)Cc2cnc(NC(C)C)nc2)s1. The topological polar surface area (TPSA) is 61.3 Å². The Hall–Kier alpha value is -1.50. The molecule has 0 fully saturated rings. The minimum absolute atomic E-state index is 0.216. The van der Waals surface area contributed by atoms with E-state index in [2.05, 4.69) is 53.1 Å². The summed E-state index contributed by atoms with van der Waals surface area (Å²) < 4.78 is 0. The van der Waals surface area contributed by atoms with Gasteiger partial charge >= 0.3 is 0 Å². The summed E-state index contributed by atoms with van der Waals surface area (Å²) in [6.07, 6.45) is 4.53. The van der Waals surface area contributed by atoms with Gasteiger partial charge in [0, 0.05) is 60.0 Å². The molecule has 2 rings (SSSR count). The van der Waals surface area contributed by atoms with Crippen molar-refractivity contribution in [2.24, 2.45) is 0 Å². The fourth-order valence-electron chi connectivity index (χ4n) is 2.33. The van der Waals surface area contributed by atoms with Gasteiger partial charge in [-0.25, -0.2) is 9.97 Å². The van der Waals surface area contributed by atoms with E-state index in [0.29, 0.717) is 12.0 Å². The highest BCUT2D eigenvalue weighted by Crippen LogP contribution is 2.18. The van der Waals surface area contributed by atoms with Crippen LogP contribution >= 0.6 is 11.3 Å².